The van der Waals surface area contributed by atoms with Crippen LogP contribution in [-0.2, 0) is 19.3 Å². The number of hydrogen-bond donors (Lipinski definition) is 1. The van der Waals surface area contributed by atoms with Crippen LogP contribution in [0.5, 0.6) is 0 Å². The highest BCUT2D eigenvalue weighted by Crippen LogP contribution is 2.36. The molecule has 6 nitrogen and oxygen atoms in total. The first-order valence-corrected chi connectivity index (χ1v) is 9.55. The van der Waals surface area contributed by atoms with Crippen molar-refractivity contribution < 1.29 is 30.6 Å². The van der Waals surface area contributed by atoms with E-state index in [1.807, 2.05) is 0 Å². The fourth-order valence-corrected chi connectivity index (χ4v) is 3.75. The third-order valence-electron chi connectivity index (χ3n) is 3.40. The molecule has 2 rings (SSSR count). The van der Waals surface area contributed by atoms with E-state index in [0.29, 0.717) is 4.90 Å². The van der Waals surface area contributed by atoms with Crippen LogP contribution in [-0.4, -0.2) is 37.4 Å². The van der Waals surface area contributed by atoms with Crippen molar-refractivity contribution in [2.24, 2.45) is 0 Å². The standard InChI is InChI=1S/C13H12Cl3F3N2O4S/c14-12(15,16)7-25-26(23,24)20-9-5-6-21(11(22)13(17,18)19)10-4-2-1-3-8(9)10/h1-4,9,20H,5-7H2. The number of nitrogens with zero attached hydrogens (tertiary/aromatic N) is 1. The number of carbonyl (C=O) groups is 1. The first-order chi connectivity index (χ1) is 11.8. The molecule has 0 spiro atoms. The summed E-state index contributed by atoms with van der Waals surface area (Å²) >= 11 is 16.3. The molecule has 1 aromatic rings. The Hall–Kier alpha value is -0.780. The summed E-state index contributed by atoms with van der Waals surface area (Å²) in [6.07, 6.45) is -5.15. The van der Waals surface area contributed by atoms with E-state index in [-0.39, 0.29) is 24.2 Å². The van der Waals surface area contributed by atoms with Crippen molar-refractivity contribution in [1.82, 2.24) is 4.72 Å². The molecular formula is C13H12Cl3F3N2O4S. The van der Waals surface area contributed by atoms with E-state index in [1.165, 1.54) is 24.3 Å². The van der Waals surface area contributed by atoms with Gasteiger partial charge in [-0.1, -0.05) is 53.0 Å². The number of alkyl halides is 6. The molecule has 0 saturated carbocycles. The van der Waals surface area contributed by atoms with Gasteiger partial charge in [-0.05, 0) is 18.1 Å². The third-order valence-corrected chi connectivity index (χ3v) is 4.73. The van der Waals surface area contributed by atoms with Gasteiger partial charge in [0, 0.05) is 12.2 Å². The monoisotopic (exact) mass is 454 g/mol. The van der Waals surface area contributed by atoms with Crippen molar-refractivity contribution in [3.05, 3.63) is 29.8 Å². The summed E-state index contributed by atoms with van der Waals surface area (Å²) in [5.74, 6) is -2.03. The summed E-state index contributed by atoms with van der Waals surface area (Å²) in [5.41, 5.74) is 0.146. The molecule has 13 heteroatoms. The Morgan fingerprint density at radius 2 is 1.88 bits per heavy atom. The Morgan fingerprint density at radius 1 is 1.27 bits per heavy atom. The molecule has 1 atom stereocenters. The Bertz CT molecular complexity index is 784. The number of benzene rings is 1. The van der Waals surface area contributed by atoms with Gasteiger partial charge in [0.1, 0.15) is 6.61 Å². The molecule has 1 N–H and O–H groups in total. The Labute approximate surface area is 162 Å². The molecule has 1 aliphatic rings. The maximum absolute atomic E-state index is 12.7. The third kappa shape index (κ3) is 5.61. The van der Waals surface area contributed by atoms with Crippen molar-refractivity contribution in [2.45, 2.75) is 22.4 Å². The van der Waals surface area contributed by atoms with Gasteiger partial charge in [0.25, 0.3) is 0 Å². The second-order valence-corrected chi connectivity index (χ2v) is 9.20. The molecule has 1 aliphatic heterocycles. The normalized spacial score (nSPS) is 18.5. The molecule has 1 heterocycles. The molecule has 1 unspecified atom stereocenters. The second-order valence-electron chi connectivity index (χ2n) is 5.30. The van der Waals surface area contributed by atoms with Crippen LogP contribution < -0.4 is 9.62 Å². The topological polar surface area (TPSA) is 75.7 Å². The quantitative estimate of drug-likeness (QED) is 0.707. The summed E-state index contributed by atoms with van der Waals surface area (Å²) < 4.78 is 66.9. The lowest BCUT2D eigenvalue weighted by Crippen LogP contribution is -2.46. The maximum Gasteiger partial charge on any atom is 0.471 e. The molecule has 0 aliphatic carbocycles. The van der Waals surface area contributed by atoms with E-state index in [2.05, 4.69) is 8.91 Å². The van der Waals surface area contributed by atoms with Gasteiger partial charge in [-0.25, -0.2) is 0 Å². The summed E-state index contributed by atoms with van der Waals surface area (Å²) in [6.45, 7) is -1.09. The zero-order valence-electron chi connectivity index (χ0n) is 12.8. The van der Waals surface area contributed by atoms with Gasteiger partial charge in [-0.2, -0.15) is 26.3 Å². The SMILES string of the molecule is O=C(N1CCC(NS(=O)(=O)OCC(Cl)(Cl)Cl)c2ccccc21)C(F)(F)F. The summed E-state index contributed by atoms with van der Waals surface area (Å²) in [6, 6.07) is 4.73. The van der Waals surface area contributed by atoms with Crippen LogP contribution in [0.3, 0.4) is 0 Å². The summed E-state index contributed by atoms with van der Waals surface area (Å²) in [4.78, 5) is 12.1. The highest BCUT2D eigenvalue weighted by Gasteiger charge is 2.45. The van der Waals surface area contributed by atoms with E-state index in [0.717, 1.165) is 0 Å². The van der Waals surface area contributed by atoms with Crippen molar-refractivity contribution in [3.8, 4) is 0 Å². The predicted octanol–water partition coefficient (Wildman–Crippen LogP) is 3.25. The minimum absolute atomic E-state index is 0.0462. The molecule has 146 valence electrons. The second kappa shape index (κ2) is 7.69. The van der Waals surface area contributed by atoms with E-state index in [4.69, 9.17) is 34.8 Å². The van der Waals surface area contributed by atoms with Gasteiger partial charge in [0.2, 0.25) is 3.79 Å². The fourth-order valence-electron chi connectivity index (χ4n) is 2.40. The van der Waals surface area contributed by atoms with Crippen molar-refractivity contribution in [2.75, 3.05) is 18.1 Å². The first-order valence-electron chi connectivity index (χ1n) is 7.01. The molecular weight excluding hydrogens is 444 g/mol. The number of nitrogens with one attached hydrogen (secondary N) is 1. The molecule has 0 fully saturated rings. The lowest BCUT2D eigenvalue weighted by Gasteiger charge is -2.34. The van der Waals surface area contributed by atoms with Crippen LogP contribution in [0.15, 0.2) is 24.3 Å². The van der Waals surface area contributed by atoms with Crippen LogP contribution in [0, 0.1) is 0 Å². The maximum atomic E-state index is 12.7. The van der Waals surface area contributed by atoms with Crippen LogP contribution in [0.25, 0.3) is 0 Å². The number of anilines is 1. The van der Waals surface area contributed by atoms with E-state index in [1.54, 1.807) is 0 Å². The minimum Gasteiger partial charge on any atom is -0.304 e. The number of fused-ring (bicyclic) bond motifs is 1. The lowest BCUT2D eigenvalue weighted by atomic mass is 9.97. The largest absolute Gasteiger partial charge is 0.471 e. The highest BCUT2D eigenvalue weighted by molar-refractivity contribution is 7.84. The molecule has 0 aromatic heterocycles. The number of hydrogen-bond acceptors (Lipinski definition) is 4. The molecule has 1 amide bonds. The van der Waals surface area contributed by atoms with E-state index in [9.17, 15) is 26.4 Å². The van der Waals surface area contributed by atoms with Crippen molar-refractivity contribution >= 4 is 56.7 Å². The predicted molar refractivity (Wildman–Crippen MR) is 90.5 cm³/mol. The molecule has 0 radical (unpaired) electrons. The smallest absolute Gasteiger partial charge is 0.304 e. The van der Waals surface area contributed by atoms with Crippen LogP contribution in [0.1, 0.15) is 18.0 Å². The van der Waals surface area contributed by atoms with Crippen molar-refractivity contribution in [1.29, 1.82) is 0 Å². The minimum atomic E-state index is -5.05. The van der Waals surface area contributed by atoms with Crippen LogP contribution in [0.4, 0.5) is 18.9 Å². The first kappa shape index (κ1) is 21.5. The molecule has 1 aromatic carbocycles. The zero-order valence-corrected chi connectivity index (χ0v) is 15.8. The van der Waals surface area contributed by atoms with Gasteiger partial charge in [-0.3, -0.25) is 8.98 Å². The number of carbonyl (C=O) groups excluding carboxylic acids is 1. The Balaban J connectivity index is 2.24. The number of para-hydroxylation sites is 1. The lowest BCUT2D eigenvalue weighted by molar-refractivity contribution is -0.170. The number of amides is 1. The average molecular weight is 456 g/mol. The molecule has 0 saturated heterocycles. The molecule has 26 heavy (non-hydrogen) atoms. The summed E-state index contributed by atoms with van der Waals surface area (Å²) in [7, 11) is -4.35. The molecule has 0 bridgehead atoms. The van der Waals surface area contributed by atoms with Gasteiger partial charge in [0.05, 0.1) is 6.04 Å². The van der Waals surface area contributed by atoms with E-state index >= 15 is 0 Å². The fraction of sp³-hybridized carbons (Fsp3) is 0.462. The Morgan fingerprint density at radius 3 is 2.46 bits per heavy atom. The summed E-state index contributed by atoms with van der Waals surface area (Å²) in [5, 5.41) is 0. The Kier molecular flexibility index (Phi) is 6.36. The van der Waals surface area contributed by atoms with Gasteiger partial charge < -0.3 is 4.90 Å². The average Bonchev–Trinajstić information content (AvgIpc) is 2.51. The zero-order chi connectivity index (χ0) is 19.8. The van der Waals surface area contributed by atoms with E-state index < -0.39 is 38.8 Å². The van der Waals surface area contributed by atoms with Crippen LogP contribution in [0.2, 0.25) is 0 Å². The van der Waals surface area contributed by atoms with Crippen molar-refractivity contribution in [3.63, 3.8) is 0 Å². The van der Waals surface area contributed by atoms with Gasteiger partial charge in [-0.15, -0.1) is 0 Å². The van der Waals surface area contributed by atoms with Gasteiger partial charge >= 0.3 is 22.4 Å². The number of halogens is 6. The van der Waals surface area contributed by atoms with Gasteiger partial charge in [0.15, 0.2) is 0 Å². The number of rotatable bonds is 4. The van der Waals surface area contributed by atoms with Crippen LogP contribution >= 0.6 is 34.8 Å². The highest BCUT2D eigenvalue weighted by atomic mass is 35.6.